The zero-order chi connectivity index (χ0) is 32.4. The van der Waals surface area contributed by atoms with Gasteiger partial charge in [0.2, 0.25) is 9.03 Å². The number of allylic oxidation sites excluding steroid dienone is 5. The van der Waals surface area contributed by atoms with Crippen molar-refractivity contribution in [2.75, 3.05) is 26.4 Å². The van der Waals surface area contributed by atoms with Crippen LogP contribution in [0.5, 0.6) is 5.75 Å². The van der Waals surface area contributed by atoms with E-state index in [2.05, 4.69) is 126 Å². The van der Waals surface area contributed by atoms with Gasteiger partial charge in [0.25, 0.3) is 0 Å². The van der Waals surface area contributed by atoms with Crippen LogP contribution < -0.4 is 4.52 Å². The lowest BCUT2D eigenvalue weighted by molar-refractivity contribution is -0.0471. The maximum Gasteiger partial charge on any atom is 0.397 e. The zero-order valence-electron chi connectivity index (χ0n) is 28.8. The van der Waals surface area contributed by atoms with E-state index >= 15 is 0 Å². The van der Waals surface area contributed by atoms with E-state index in [1.54, 1.807) is 0 Å². The molecular weight excluding hydrogens is 578 g/mol. The Hall–Kier alpha value is -1.26. The second-order valence-electron chi connectivity index (χ2n) is 16.3. The molecule has 2 aliphatic rings. The van der Waals surface area contributed by atoms with Crippen molar-refractivity contribution >= 4 is 17.6 Å². The number of hydrogen-bond acceptors (Lipinski definition) is 6. The Morgan fingerprint density at radius 3 is 1.93 bits per heavy atom. The minimum Gasteiger partial charge on any atom is -0.449 e. The first-order valence-corrected chi connectivity index (χ1v) is 17.2. The lowest BCUT2D eigenvalue weighted by Gasteiger charge is -2.37. The smallest absolute Gasteiger partial charge is 0.397 e. The quantitative estimate of drug-likeness (QED) is 0.227. The Balaban J connectivity index is 1.67. The van der Waals surface area contributed by atoms with E-state index in [1.165, 1.54) is 5.56 Å². The summed E-state index contributed by atoms with van der Waals surface area (Å²) >= 11 is 0. The van der Waals surface area contributed by atoms with Crippen molar-refractivity contribution in [2.45, 2.75) is 101 Å². The SMILES string of the molecule is Cc1cc(C(C)(C)C)c(OPOCC2(CO)COP(OC3=C[C@H](C(C)(C)C)C=CC=C3C(C)(C)C)OC2)c(C(C)(C)C)c1. The van der Waals surface area contributed by atoms with Crippen molar-refractivity contribution in [3.05, 3.63) is 64.5 Å². The second-order valence-corrected chi connectivity index (χ2v) is 18.1. The molecule has 1 saturated heterocycles. The molecule has 0 aromatic heterocycles. The molecular formula is C35H56O6P2. The largest absolute Gasteiger partial charge is 0.449 e. The highest BCUT2D eigenvalue weighted by atomic mass is 31.2. The molecule has 0 bridgehead atoms. The fourth-order valence-corrected chi connectivity index (χ4v) is 6.95. The third-order valence-corrected chi connectivity index (χ3v) is 9.45. The van der Waals surface area contributed by atoms with E-state index in [0.29, 0.717) is 0 Å². The third-order valence-electron chi connectivity index (χ3n) is 7.88. The monoisotopic (exact) mass is 634 g/mol. The molecule has 1 aliphatic heterocycles. The van der Waals surface area contributed by atoms with Crippen LogP contribution in [0.1, 0.15) is 99.8 Å². The Morgan fingerprint density at radius 2 is 1.47 bits per heavy atom. The van der Waals surface area contributed by atoms with Crippen LogP contribution in [0, 0.1) is 29.1 Å². The fraction of sp³-hybridized carbons (Fsp3) is 0.657. The molecule has 2 atom stereocenters. The molecule has 242 valence electrons. The number of benzene rings is 1. The van der Waals surface area contributed by atoms with Gasteiger partial charge in [0.05, 0.1) is 31.8 Å². The van der Waals surface area contributed by atoms with Gasteiger partial charge in [-0.25, -0.2) is 0 Å². The van der Waals surface area contributed by atoms with E-state index in [1.807, 2.05) is 0 Å². The van der Waals surface area contributed by atoms with Crippen molar-refractivity contribution in [1.29, 1.82) is 0 Å². The van der Waals surface area contributed by atoms with Gasteiger partial charge in [0.1, 0.15) is 11.5 Å². The van der Waals surface area contributed by atoms with Crippen LogP contribution in [-0.4, -0.2) is 31.5 Å². The van der Waals surface area contributed by atoms with Crippen molar-refractivity contribution < 1.29 is 27.7 Å². The predicted molar refractivity (Wildman–Crippen MR) is 181 cm³/mol. The highest BCUT2D eigenvalue weighted by Gasteiger charge is 2.41. The molecule has 6 nitrogen and oxygen atoms in total. The number of aliphatic hydroxyl groups excluding tert-OH is 1. The van der Waals surface area contributed by atoms with Gasteiger partial charge in [-0.1, -0.05) is 119 Å². The molecule has 0 amide bonds. The summed E-state index contributed by atoms with van der Waals surface area (Å²) in [4.78, 5) is 0. The summed E-state index contributed by atoms with van der Waals surface area (Å²) in [6, 6.07) is 4.41. The summed E-state index contributed by atoms with van der Waals surface area (Å²) in [5.74, 6) is 1.89. The van der Waals surface area contributed by atoms with Gasteiger partial charge in [0.15, 0.2) is 0 Å². The van der Waals surface area contributed by atoms with Crippen LogP contribution in [0.2, 0.25) is 0 Å². The molecule has 1 heterocycles. The van der Waals surface area contributed by atoms with Gasteiger partial charge in [-0.05, 0) is 40.2 Å². The number of hydrogen-bond donors (Lipinski definition) is 1. The average Bonchev–Trinajstić information content (AvgIpc) is 3.10. The highest BCUT2D eigenvalue weighted by molar-refractivity contribution is 7.41. The van der Waals surface area contributed by atoms with Crippen LogP contribution in [-0.2, 0) is 28.9 Å². The maximum absolute atomic E-state index is 10.4. The van der Waals surface area contributed by atoms with Crippen LogP contribution in [0.15, 0.2) is 47.8 Å². The highest BCUT2D eigenvalue weighted by Crippen LogP contribution is 2.52. The molecule has 0 spiro atoms. The van der Waals surface area contributed by atoms with E-state index in [9.17, 15) is 5.11 Å². The summed E-state index contributed by atoms with van der Waals surface area (Å²) in [6.07, 6.45) is 8.67. The summed E-state index contributed by atoms with van der Waals surface area (Å²) in [7, 11) is -1.85. The van der Waals surface area contributed by atoms with Gasteiger partial charge in [-0.2, -0.15) is 0 Å². The first-order chi connectivity index (χ1) is 19.7. The molecule has 1 N–H and O–H groups in total. The fourth-order valence-electron chi connectivity index (χ4n) is 4.96. The average molecular weight is 635 g/mol. The summed E-state index contributed by atoms with van der Waals surface area (Å²) in [5.41, 5.74) is 3.71. The Labute approximate surface area is 264 Å². The predicted octanol–water partition coefficient (Wildman–Crippen LogP) is 9.85. The second kappa shape index (κ2) is 13.6. The molecule has 43 heavy (non-hydrogen) atoms. The lowest BCUT2D eigenvalue weighted by atomic mass is 9.78. The molecule has 8 heteroatoms. The minimum absolute atomic E-state index is 0.0416. The van der Waals surface area contributed by atoms with Gasteiger partial charge in [0, 0.05) is 17.0 Å². The first-order valence-electron chi connectivity index (χ1n) is 15.3. The van der Waals surface area contributed by atoms with Gasteiger partial charge < -0.3 is 27.7 Å². The molecule has 1 unspecified atom stereocenters. The number of aryl methyl sites for hydroxylation is 1. The summed E-state index contributed by atoms with van der Waals surface area (Å²) in [5, 5.41) is 10.4. The van der Waals surface area contributed by atoms with E-state index in [0.717, 1.165) is 28.2 Å². The standard InChI is InChI=1S/C35H56O6P2/c1-24-17-27(33(8,9)10)30(28(18-24)34(11,12)13)40-42-37-21-35(20-36)22-38-43(39-23-35)41-29-19-25(31(2,3)4)15-14-16-26(29)32(5,6)7/h14-19,25,36,42H,20-23H2,1-13H3/t25-,35?,43?/m1/s1. The summed E-state index contributed by atoms with van der Waals surface area (Å²) in [6.45, 7) is 29.2. The van der Waals surface area contributed by atoms with Gasteiger partial charge in [-0.15, -0.1) is 0 Å². The lowest BCUT2D eigenvalue weighted by Crippen LogP contribution is -2.42. The Bertz CT molecular complexity index is 1160. The molecule has 1 aromatic rings. The van der Waals surface area contributed by atoms with Crippen LogP contribution in [0.25, 0.3) is 0 Å². The molecule has 0 radical (unpaired) electrons. The Morgan fingerprint density at radius 1 is 0.907 bits per heavy atom. The molecule has 1 fully saturated rings. The first kappa shape index (κ1) is 36.2. The van der Waals surface area contributed by atoms with E-state index in [-0.39, 0.29) is 63.0 Å². The topological polar surface area (TPSA) is 66.4 Å². The zero-order valence-corrected chi connectivity index (χ0v) is 30.7. The number of aliphatic hydroxyl groups is 1. The van der Waals surface area contributed by atoms with Gasteiger partial charge in [-0.3, -0.25) is 0 Å². The molecule has 1 aliphatic carbocycles. The maximum atomic E-state index is 10.4. The molecule has 0 saturated carbocycles. The summed E-state index contributed by atoms with van der Waals surface area (Å²) < 4.78 is 31.1. The Kier molecular flexibility index (Phi) is 11.5. The van der Waals surface area contributed by atoms with Gasteiger partial charge >= 0.3 is 8.60 Å². The van der Waals surface area contributed by atoms with Crippen LogP contribution in [0.3, 0.4) is 0 Å². The van der Waals surface area contributed by atoms with E-state index in [4.69, 9.17) is 22.6 Å². The minimum atomic E-state index is -1.62. The van der Waals surface area contributed by atoms with Crippen LogP contribution in [0.4, 0.5) is 0 Å². The van der Waals surface area contributed by atoms with Crippen molar-refractivity contribution in [2.24, 2.45) is 22.2 Å². The van der Waals surface area contributed by atoms with Crippen molar-refractivity contribution in [3.8, 4) is 5.75 Å². The molecule has 3 rings (SSSR count). The van der Waals surface area contributed by atoms with E-state index < -0.39 is 14.0 Å². The van der Waals surface area contributed by atoms with Crippen molar-refractivity contribution in [3.63, 3.8) is 0 Å². The molecule has 1 aromatic carbocycles. The normalized spacial score (nSPS) is 24.1. The van der Waals surface area contributed by atoms with Crippen molar-refractivity contribution in [1.82, 2.24) is 0 Å². The van der Waals surface area contributed by atoms with Crippen LogP contribution >= 0.6 is 17.6 Å². The third kappa shape index (κ3) is 9.62. The number of rotatable bonds is 8.